The number of hydrogen-bond donors (Lipinski definition) is 2. The van der Waals surface area contributed by atoms with E-state index < -0.39 is 12.0 Å². The number of carboxylic acids is 1. The van der Waals surface area contributed by atoms with Gasteiger partial charge in [0.2, 0.25) is 0 Å². The van der Waals surface area contributed by atoms with Crippen LogP contribution in [0.1, 0.15) is 36.6 Å². The fourth-order valence-electron chi connectivity index (χ4n) is 1.78. The molecule has 88 valence electrons. The van der Waals surface area contributed by atoms with Crippen molar-refractivity contribution in [2.45, 2.75) is 39.8 Å². The molecule has 1 aromatic rings. The average molecular weight is 221 g/mol. The summed E-state index contributed by atoms with van der Waals surface area (Å²) in [6.07, 6.45) is 0. The van der Waals surface area contributed by atoms with E-state index in [0.29, 0.717) is 0 Å². The molecule has 0 amide bonds. The van der Waals surface area contributed by atoms with Gasteiger partial charge >= 0.3 is 5.97 Å². The fourth-order valence-corrected chi connectivity index (χ4v) is 1.78. The van der Waals surface area contributed by atoms with E-state index in [0.717, 1.165) is 5.56 Å². The second-order valence-electron chi connectivity index (χ2n) is 4.24. The molecule has 0 saturated heterocycles. The minimum atomic E-state index is -0.822. The van der Waals surface area contributed by atoms with Crippen molar-refractivity contribution in [2.24, 2.45) is 0 Å². The summed E-state index contributed by atoms with van der Waals surface area (Å²) in [5, 5.41) is 11.9. The van der Waals surface area contributed by atoms with Crippen molar-refractivity contribution >= 4 is 5.97 Å². The Morgan fingerprint density at radius 2 is 1.94 bits per heavy atom. The molecule has 3 nitrogen and oxygen atoms in total. The summed E-state index contributed by atoms with van der Waals surface area (Å²) in [5.41, 5.74) is 3.61. The lowest BCUT2D eigenvalue weighted by molar-refractivity contribution is -0.139. The molecule has 0 fully saturated rings. The molecule has 0 aliphatic carbocycles. The van der Waals surface area contributed by atoms with Crippen molar-refractivity contribution in [2.75, 3.05) is 0 Å². The van der Waals surface area contributed by atoms with E-state index in [9.17, 15) is 4.79 Å². The normalized spacial score (nSPS) is 14.5. The molecule has 0 aliphatic rings. The smallest absolute Gasteiger partial charge is 0.320 e. The van der Waals surface area contributed by atoms with Crippen molar-refractivity contribution < 1.29 is 9.90 Å². The van der Waals surface area contributed by atoms with Gasteiger partial charge in [0.05, 0.1) is 0 Å². The summed E-state index contributed by atoms with van der Waals surface area (Å²) in [7, 11) is 0. The maximum Gasteiger partial charge on any atom is 0.320 e. The highest BCUT2D eigenvalue weighted by molar-refractivity contribution is 5.72. The van der Waals surface area contributed by atoms with Gasteiger partial charge in [-0.1, -0.05) is 18.2 Å². The van der Waals surface area contributed by atoms with Crippen LogP contribution >= 0.6 is 0 Å². The summed E-state index contributed by atoms with van der Waals surface area (Å²) in [6, 6.07) is 5.61. The molecule has 0 spiro atoms. The zero-order chi connectivity index (χ0) is 12.3. The first kappa shape index (κ1) is 12.7. The maximum absolute atomic E-state index is 10.8. The highest BCUT2D eigenvalue weighted by Gasteiger charge is 2.16. The summed E-state index contributed by atoms with van der Waals surface area (Å²) < 4.78 is 0. The first-order valence-corrected chi connectivity index (χ1v) is 5.48. The molecule has 3 heteroatoms. The molecule has 0 saturated carbocycles. The quantitative estimate of drug-likeness (QED) is 0.821. The van der Waals surface area contributed by atoms with Gasteiger partial charge in [-0.05, 0) is 44.4 Å². The number of rotatable bonds is 4. The van der Waals surface area contributed by atoms with E-state index in [4.69, 9.17) is 5.11 Å². The lowest BCUT2D eigenvalue weighted by Gasteiger charge is -2.20. The van der Waals surface area contributed by atoms with Crippen molar-refractivity contribution in [3.05, 3.63) is 34.9 Å². The van der Waals surface area contributed by atoms with Crippen LogP contribution in [0.2, 0.25) is 0 Å². The van der Waals surface area contributed by atoms with Crippen LogP contribution in [0.25, 0.3) is 0 Å². The molecule has 1 rings (SSSR count). The molecule has 0 aromatic heterocycles. The molecule has 16 heavy (non-hydrogen) atoms. The first-order valence-electron chi connectivity index (χ1n) is 5.48. The molecular formula is C13H19NO2. The molecule has 0 bridgehead atoms. The summed E-state index contributed by atoms with van der Waals surface area (Å²) in [6.45, 7) is 7.77. The van der Waals surface area contributed by atoms with E-state index in [1.54, 1.807) is 6.92 Å². The van der Waals surface area contributed by atoms with Gasteiger partial charge in [-0.15, -0.1) is 0 Å². The molecule has 2 unspecified atom stereocenters. The van der Waals surface area contributed by atoms with Gasteiger partial charge in [0, 0.05) is 6.04 Å². The van der Waals surface area contributed by atoms with E-state index in [2.05, 4.69) is 25.2 Å². The Balaban J connectivity index is 2.84. The minimum Gasteiger partial charge on any atom is -0.480 e. The zero-order valence-corrected chi connectivity index (χ0v) is 10.2. The van der Waals surface area contributed by atoms with Gasteiger partial charge in [-0.2, -0.15) is 0 Å². The minimum absolute atomic E-state index is 0.0472. The summed E-state index contributed by atoms with van der Waals surface area (Å²) in [5.74, 6) is -0.822. The van der Waals surface area contributed by atoms with Crippen LogP contribution in [0.3, 0.4) is 0 Å². The van der Waals surface area contributed by atoms with Crippen molar-refractivity contribution in [1.82, 2.24) is 5.32 Å². The Hall–Kier alpha value is -1.35. The van der Waals surface area contributed by atoms with Crippen molar-refractivity contribution in [3.63, 3.8) is 0 Å². The Morgan fingerprint density at radius 3 is 2.50 bits per heavy atom. The molecule has 1 aromatic carbocycles. The molecule has 0 aliphatic heterocycles. The maximum atomic E-state index is 10.8. The number of aryl methyl sites for hydroxylation is 1. The predicted octanol–water partition coefficient (Wildman–Crippen LogP) is 2.43. The lowest BCUT2D eigenvalue weighted by atomic mass is 9.98. The van der Waals surface area contributed by atoms with Crippen LogP contribution < -0.4 is 5.32 Å². The first-order chi connectivity index (χ1) is 7.43. The standard InChI is InChI=1S/C13H19NO2/c1-8-6-5-7-12(9(8)2)10(3)14-11(4)13(15)16/h5-7,10-11,14H,1-4H3,(H,15,16). The number of benzene rings is 1. The Morgan fingerprint density at radius 1 is 1.31 bits per heavy atom. The lowest BCUT2D eigenvalue weighted by Crippen LogP contribution is -2.35. The van der Waals surface area contributed by atoms with Gasteiger partial charge in [-0.3, -0.25) is 10.1 Å². The van der Waals surface area contributed by atoms with E-state index >= 15 is 0 Å². The number of carbonyl (C=O) groups is 1. The van der Waals surface area contributed by atoms with Gasteiger partial charge in [0.1, 0.15) is 6.04 Å². The summed E-state index contributed by atoms with van der Waals surface area (Å²) in [4.78, 5) is 10.8. The fraction of sp³-hybridized carbons (Fsp3) is 0.462. The van der Waals surface area contributed by atoms with Crippen LogP contribution in [0, 0.1) is 13.8 Å². The number of aliphatic carboxylic acids is 1. The number of hydrogen-bond acceptors (Lipinski definition) is 2. The molecular weight excluding hydrogens is 202 g/mol. The topological polar surface area (TPSA) is 49.3 Å². The molecule has 2 N–H and O–H groups in total. The highest BCUT2D eigenvalue weighted by Crippen LogP contribution is 2.20. The predicted molar refractivity (Wildman–Crippen MR) is 64.6 cm³/mol. The monoisotopic (exact) mass is 221 g/mol. The third-order valence-corrected chi connectivity index (χ3v) is 2.98. The third kappa shape index (κ3) is 2.83. The zero-order valence-electron chi connectivity index (χ0n) is 10.2. The SMILES string of the molecule is Cc1cccc(C(C)NC(C)C(=O)O)c1C. The average Bonchev–Trinajstić information content (AvgIpc) is 2.21. The van der Waals surface area contributed by atoms with E-state index in [1.807, 2.05) is 19.1 Å². The van der Waals surface area contributed by atoms with Crippen molar-refractivity contribution in [3.8, 4) is 0 Å². The van der Waals surface area contributed by atoms with E-state index in [-0.39, 0.29) is 6.04 Å². The largest absolute Gasteiger partial charge is 0.480 e. The molecule has 2 atom stereocenters. The third-order valence-electron chi connectivity index (χ3n) is 2.98. The summed E-state index contributed by atoms with van der Waals surface area (Å²) >= 11 is 0. The van der Waals surface area contributed by atoms with Gasteiger partial charge in [0.25, 0.3) is 0 Å². The van der Waals surface area contributed by atoms with Crippen LogP contribution in [0.15, 0.2) is 18.2 Å². The Kier molecular flexibility index (Phi) is 4.07. The Bertz CT molecular complexity index is 388. The van der Waals surface area contributed by atoms with Gasteiger partial charge in [0.15, 0.2) is 0 Å². The van der Waals surface area contributed by atoms with Crippen molar-refractivity contribution in [1.29, 1.82) is 0 Å². The number of nitrogens with one attached hydrogen (secondary N) is 1. The van der Waals surface area contributed by atoms with Crippen LogP contribution in [0.4, 0.5) is 0 Å². The van der Waals surface area contributed by atoms with Crippen LogP contribution in [-0.2, 0) is 4.79 Å². The number of carboxylic acid groups (broad SMARTS) is 1. The Labute approximate surface area is 96.5 Å². The second kappa shape index (κ2) is 5.12. The molecule has 0 heterocycles. The van der Waals surface area contributed by atoms with E-state index in [1.165, 1.54) is 11.1 Å². The van der Waals surface area contributed by atoms with Gasteiger partial charge < -0.3 is 5.11 Å². The van der Waals surface area contributed by atoms with Crippen LogP contribution in [0.5, 0.6) is 0 Å². The van der Waals surface area contributed by atoms with Gasteiger partial charge in [-0.25, -0.2) is 0 Å². The van der Waals surface area contributed by atoms with Crippen LogP contribution in [-0.4, -0.2) is 17.1 Å². The molecule has 0 radical (unpaired) electrons. The second-order valence-corrected chi connectivity index (χ2v) is 4.24. The highest BCUT2D eigenvalue weighted by atomic mass is 16.4.